The fourth-order valence-corrected chi connectivity index (χ4v) is 1.33. The summed E-state index contributed by atoms with van der Waals surface area (Å²) in [6, 6.07) is 4.09. The van der Waals surface area contributed by atoms with Crippen LogP contribution in [0.15, 0.2) is 18.5 Å². The molecule has 0 aliphatic rings. The van der Waals surface area contributed by atoms with Crippen LogP contribution >= 0.6 is 0 Å². The van der Waals surface area contributed by atoms with E-state index in [1.165, 1.54) is 0 Å². The molecule has 2 N–H and O–H groups in total. The van der Waals surface area contributed by atoms with Crippen molar-refractivity contribution in [3.8, 4) is 17.9 Å². The predicted molar refractivity (Wildman–Crippen MR) is 66.9 cm³/mol. The van der Waals surface area contributed by atoms with E-state index in [-0.39, 0.29) is 0 Å². The second-order valence-electron chi connectivity index (χ2n) is 3.68. The van der Waals surface area contributed by atoms with Crippen molar-refractivity contribution in [1.82, 2.24) is 24.7 Å². The summed E-state index contributed by atoms with van der Waals surface area (Å²) in [6.45, 7) is 0. The fourth-order valence-electron chi connectivity index (χ4n) is 1.33. The van der Waals surface area contributed by atoms with Gasteiger partial charge in [-0.05, 0) is 6.07 Å². The van der Waals surface area contributed by atoms with Crippen LogP contribution in [0.25, 0.3) is 5.95 Å². The lowest BCUT2D eigenvalue weighted by molar-refractivity contribution is 0.763. The van der Waals surface area contributed by atoms with Crippen molar-refractivity contribution in [2.45, 2.75) is 6.42 Å². The molecule has 0 atom stereocenters. The van der Waals surface area contributed by atoms with Crippen molar-refractivity contribution >= 4 is 5.95 Å². The molecule has 2 rings (SSSR count). The summed E-state index contributed by atoms with van der Waals surface area (Å²) >= 11 is 0. The van der Waals surface area contributed by atoms with Crippen LogP contribution in [0, 0.1) is 12.0 Å². The molecule has 0 aliphatic carbocycles. The summed E-state index contributed by atoms with van der Waals surface area (Å²) in [7, 11) is 3.73. The number of nitrogens with zero attached hydrogens (tertiary/aromatic N) is 6. The van der Waals surface area contributed by atoms with Crippen molar-refractivity contribution in [2.75, 3.05) is 19.0 Å². The first-order valence-electron chi connectivity index (χ1n) is 5.31. The Morgan fingerprint density at radius 3 is 2.67 bits per heavy atom. The first-order chi connectivity index (χ1) is 8.72. The predicted octanol–water partition coefficient (Wildman–Crippen LogP) is -0.415. The Morgan fingerprint density at radius 1 is 1.33 bits per heavy atom. The van der Waals surface area contributed by atoms with Gasteiger partial charge in [0.05, 0.1) is 6.42 Å². The van der Waals surface area contributed by atoms with E-state index in [0.29, 0.717) is 24.1 Å². The van der Waals surface area contributed by atoms with E-state index < -0.39 is 0 Å². The minimum absolute atomic E-state index is 0.398. The van der Waals surface area contributed by atoms with Crippen molar-refractivity contribution in [1.29, 1.82) is 0 Å². The van der Waals surface area contributed by atoms with Crippen molar-refractivity contribution < 1.29 is 0 Å². The molecule has 7 nitrogen and oxygen atoms in total. The van der Waals surface area contributed by atoms with Gasteiger partial charge in [0.25, 0.3) is 5.95 Å². The molecule has 0 unspecified atom stereocenters. The van der Waals surface area contributed by atoms with Crippen molar-refractivity contribution in [3.63, 3.8) is 0 Å². The van der Waals surface area contributed by atoms with Gasteiger partial charge in [0.15, 0.2) is 0 Å². The van der Waals surface area contributed by atoms with Gasteiger partial charge in [0.2, 0.25) is 5.95 Å². The molecule has 7 heteroatoms. The number of anilines is 1. The van der Waals surface area contributed by atoms with Crippen molar-refractivity contribution in [3.05, 3.63) is 24.3 Å². The molecular weight excluding hydrogens is 230 g/mol. The van der Waals surface area contributed by atoms with Gasteiger partial charge in [-0.2, -0.15) is 9.67 Å². The quantitative estimate of drug-likeness (QED) is 0.582. The molecule has 0 aromatic carbocycles. The van der Waals surface area contributed by atoms with E-state index in [9.17, 15) is 0 Å². The molecule has 0 bridgehead atoms. The van der Waals surface area contributed by atoms with Crippen LogP contribution in [-0.4, -0.2) is 38.8 Å². The molecule has 0 radical (unpaired) electrons. The minimum Gasteiger partial charge on any atom is -0.359 e. The van der Waals surface area contributed by atoms with Crippen LogP contribution in [0.5, 0.6) is 0 Å². The Labute approximate surface area is 105 Å². The van der Waals surface area contributed by atoms with E-state index in [2.05, 4.69) is 32.0 Å². The summed E-state index contributed by atoms with van der Waals surface area (Å²) in [5, 5.41) is 4.33. The highest BCUT2D eigenvalue weighted by molar-refractivity contribution is 5.29. The molecule has 92 valence electrons. The van der Waals surface area contributed by atoms with Crippen LogP contribution < -0.4 is 10.6 Å². The zero-order valence-corrected chi connectivity index (χ0v) is 10.2. The minimum atomic E-state index is 0.398. The highest BCUT2D eigenvalue weighted by Gasteiger charge is 2.13. The monoisotopic (exact) mass is 243 g/mol. The van der Waals surface area contributed by atoms with Crippen molar-refractivity contribution in [2.24, 2.45) is 5.73 Å². The summed E-state index contributed by atoms with van der Waals surface area (Å²) in [5.74, 6) is 4.46. The molecule has 0 fully saturated rings. The number of hydrogen-bond acceptors (Lipinski definition) is 6. The molecule has 2 aromatic heterocycles. The molecule has 0 saturated carbocycles. The average Bonchev–Trinajstić information content (AvgIpc) is 2.81. The van der Waals surface area contributed by atoms with E-state index in [4.69, 9.17) is 5.73 Å². The average molecular weight is 243 g/mol. The van der Waals surface area contributed by atoms with E-state index in [1.807, 2.05) is 14.1 Å². The van der Waals surface area contributed by atoms with Gasteiger partial charge in [-0.15, -0.1) is 5.10 Å². The number of aromatic nitrogens is 5. The highest BCUT2D eigenvalue weighted by Crippen LogP contribution is 2.10. The normalized spacial score (nSPS) is 9.67. The lowest BCUT2D eigenvalue weighted by Crippen LogP contribution is -2.11. The number of hydrogen-bond donors (Lipinski definition) is 1. The Kier molecular flexibility index (Phi) is 3.38. The first-order valence-corrected chi connectivity index (χ1v) is 5.31. The second kappa shape index (κ2) is 5.14. The van der Waals surface area contributed by atoms with Crippen LogP contribution in [0.4, 0.5) is 5.95 Å². The largest absolute Gasteiger partial charge is 0.359 e. The van der Waals surface area contributed by atoms with E-state index >= 15 is 0 Å². The first kappa shape index (κ1) is 11.9. The maximum Gasteiger partial charge on any atom is 0.252 e. The lowest BCUT2D eigenvalue weighted by atomic mass is 10.4. The van der Waals surface area contributed by atoms with Gasteiger partial charge in [-0.1, -0.05) is 5.92 Å². The smallest absolute Gasteiger partial charge is 0.252 e. The number of nitrogens with two attached hydrogens (primary N) is 1. The Hall–Kier alpha value is -2.62. The van der Waals surface area contributed by atoms with Gasteiger partial charge < -0.3 is 10.6 Å². The molecule has 0 saturated heterocycles. The molecule has 0 amide bonds. The summed E-state index contributed by atoms with van der Waals surface area (Å²) < 4.78 is 1.57. The number of rotatable bonds is 3. The third kappa shape index (κ3) is 2.38. The maximum atomic E-state index is 5.17. The van der Waals surface area contributed by atoms with Gasteiger partial charge in [-0.3, -0.25) is 0 Å². The molecule has 2 aromatic rings. The Morgan fingerprint density at radius 2 is 2.06 bits per heavy atom. The van der Waals surface area contributed by atoms with Gasteiger partial charge in [-0.25, -0.2) is 9.97 Å². The van der Waals surface area contributed by atoms with E-state index in [1.54, 1.807) is 28.0 Å². The fraction of sp³-hybridized carbons (Fsp3) is 0.273. The van der Waals surface area contributed by atoms with E-state index in [0.717, 1.165) is 0 Å². The topological polar surface area (TPSA) is 85.8 Å². The lowest BCUT2D eigenvalue weighted by Gasteiger charge is -2.04. The van der Waals surface area contributed by atoms with Crippen LogP contribution in [0.2, 0.25) is 0 Å². The third-order valence-corrected chi connectivity index (χ3v) is 2.15. The molecular formula is C11H13N7. The van der Waals surface area contributed by atoms with Crippen LogP contribution in [0.1, 0.15) is 5.82 Å². The molecule has 18 heavy (non-hydrogen) atoms. The zero-order chi connectivity index (χ0) is 13.0. The summed E-state index contributed by atoms with van der Waals surface area (Å²) in [5.41, 5.74) is 5.17. The second-order valence-corrected chi connectivity index (χ2v) is 3.68. The molecule has 0 aliphatic heterocycles. The zero-order valence-electron chi connectivity index (χ0n) is 10.2. The SMILES string of the molecule is CN(C)c1nc(CC#CN)n(-c2ncccn2)n1. The van der Waals surface area contributed by atoms with Crippen LogP contribution in [-0.2, 0) is 6.42 Å². The van der Waals surface area contributed by atoms with Gasteiger partial charge in [0, 0.05) is 32.5 Å². The van der Waals surface area contributed by atoms with Gasteiger partial charge >= 0.3 is 0 Å². The Bertz CT molecular complexity index is 576. The standard InChI is InChI=1S/C11H13N7/c1-17(2)11-15-9(5-3-6-12)18(16-11)10-13-7-4-8-14-10/h4,7-8H,5,12H2,1-2H3. The summed E-state index contributed by atoms with van der Waals surface area (Å²) in [4.78, 5) is 14.5. The third-order valence-electron chi connectivity index (χ3n) is 2.15. The van der Waals surface area contributed by atoms with Gasteiger partial charge in [0.1, 0.15) is 5.82 Å². The summed E-state index contributed by atoms with van der Waals surface area (Å²) in [6.07, 6.45) is 3.70. The Balaban J connectivity index is 2.46. The maximum absolute atomic E-state index is 5.17. The van der Waals surface area contributed by atoms with Crippen LogP contribution in [0.3, 0.4) is 0 Å². The molecule has 0 spiro atoms. The highest BCUT2D eigenvalue weighted by atomic mass is 15.5. The molecule has 2 heterocycles.